The number of aromatic amines is 1. The summed E-state index contributed by atoms with van der Waals surface area (Å²) in [6.07, 6.45) is -0.0176. The molecule has 9 nitrogen and oxygen atoms in total. The molecule has 0 bridgehead atoms. The fraction of sp³-hybridized carbons (Fsp3) is 0.125. The van der Waals surface area contributed by atoms with E-state index < -0.39 is 21.3 Å². The predicted molar refractivity (Wildman–Crippen MR) is 136 cm³/mol. The highest BCUT2D eigenvalue weighted by molar-refractivity contribution is 7.92. The number of carbonyl (C=O) groups excluding carboxylic acids is 1. The Bertz CT molecular complexity index is 1640. The second-order valence-corrected chi connectivity index (χ2v) is 9.90. The third kappa shape index (κ3) is 5.44. The number of H-pyrrole nitrogens is 1. The average Bonchev–Trinajstić information content (AvgIpc) is 2.80. The lowest BCUT2D eigenvalue weighted by Crippen LogP contribution is -2.31. The van der Waals surface area contributed by atoms with Crippen LogP contribution in [0.3, 0.4) is 0 Å². The van der Waals surface area contributed by atoms with Crippen LogP contribution in [0.5, 0.6) is 0 Å². The fourth-order valence-electron chi connectivity index (χ4n) is 3.56. The van der Waals surface area contributed by atoms with Gasteiger partial charge in [-0.25, -0.2) is 13.2 Å². The monoisotopic (exact) mass is 512 g/mol. The molecule has 0 saturated carbocycles. The van der Waals surface area contributed by atoms with Crippen molar-refractivity contribution in [2.75, 3.05) is 10.0 Å². The second-order valence-electron chi connectivity index (χ2n) is 7.84. The van der Waals surface area contributed by atoms with Crippen LogP contribution in [0, 0.1) is 6.92 Å². The summed E-state index contributed by atoms with van der Waals surface area (Å²) < 4.78 is 29.1. The van der Waals surface area contributed by atoms with E-state index in [1.165, 1.54) is 22.8 Å². The van der Waals surface area contributed by atoms with Gasteiger partial charge in [-0.3, -0.25) is 23.9 Å². The molecule has 0 spiro atoms. The Hall–Kier alpha value is -3.89. The fourth-order valence-corrected chi connectivity index (χ4v) is 5.22. The largest absolute Gasteiger partial charge is 0.328 e. The van der Waals surface area contributed by atoms with Gasteiger partial charge in [0.15, 0.2) is 0 Å². The van der Waals surface area contributed by atoms with Crippen LogP contribution in [0.25, 0.3) is 10.9 Å². The predicted octanol–water partition coefficient (Wildman–Crippen LogP) is 3.48. The van der Waals surface area contributed by atoms with Gasteiger partial charge in [0, 0.05) is 24.3 Å². The zero-order valence-corrected chi connectivity index (χ0v) is 20.1. The van der Waals surface area contributed by atoms with Gasteiger partial charge >= 0.3 is 5.69 Å². The molecule has 0 radical (unpaired) electrons. The van der Waals surface area contributed by atoms with Crippen molar-refractivity contribution in [2.24, 2.45) is 0 Å². The summed E-state index contributed by atoms with van der Waals surface area (Å²) >= 11 is 6.08. The van der Waals surface area contributed by atoms with Gasteiger partial charge in [0.25, 0.3) is 15.6 Å². The van der Waals surface area contributed by atoms with E-state index in [0.29, 0.717) is 22.3 Å². The van der Waals surface area contributed by atoms with Crippen LogP contribution in [0.4, 0.5) is 11.4 Å². The maximum atomic E-state index is 12.6. The molecular weight excluding hydrogens is 492 g/mol. The lowest BCUT2D eigenvalue weighted by molar-refractivity contribution is -0.116. The molecule has 3 aromatic carbocycles. The van der Waals surface area contributed by atoms with Crippen LogP contribution in [0.15, 0.2) is 81.2 Å². The molecule has 0 aliphatic carbocycles. The summed E-state index contributed by atoms with van der Waals surface area (Å²) in [4.78, 5) is 38.8. The molecule has 0 aliphatic heterocycles. The zero-order chi connectivity index (χ0) is 25.2. The molecular formula is C24H21ClN4O5S. The lowest BCUT2D eigenvalue weighted by Gasteiger charge is -2.12. The van der Waals surface area contributed by atoms with Crippen molar-refractivity contribution < 1.29 is 13.2 Å². The highest BCUT2D eigenvalue weighted by Gasteiger charge is 2.18. The minimum Gasteiger partial charge on any atom is -0.326 e. The Labute approximate surface area is 205 Å². The Balaban J connectivity index is 1.41. The van der Waals surface area contributed by atoms with Crippen LogP contribution in [-0.2, 0) is 21.4 Å². The van der Waals surface area contributed by atoms with Crippen molar-refractivity contribution in [3.63, 3.8) is 0 Å². The number of aromatic nitrogens is 2. The third-order valence-corrected chi connectivity index (χ3v) is 7.13. The second kappa shape index (κ2) is 9.77. The number of halogens is 1. The number of rotatable bonds is 7. The molecule has 1 aromatic heterocycles. The van der Waals surface area contributed by atoms with E-state index in [1.54, 1.807) is 48.5 Å². The Morgan fingerprint density at radius 1 is 1.00 bits per heavy atom. The number of nitrogens with one attached hydrogen (secondary N) is 3. The highest BCUT2D eigenvalue weighted by Crippen LogP contribution is 2.25. The molecule has 0 fully saturated rings. The van der Waals surface area contributed by atoms with Gasteiger partial charge in [0.05, 0.1) is 15.9 Å². The van der Waals surface area contributed by atoms with Crippen LogP contribution in [0.1, 0.15) is 12.0 Å². The average molecular weight is 513 g/mol. The van der Waals surface area contributed by atoms with Crippen molar-refractivity contribution >= 4 is 49.8 Å². The molecule has 11 heteroatoms. The molecule has 35 heavy (non-hydrogen) atoms. The van der Waals surface area contributed by atoms with Crippen molar-refractivity contribution in [2.45, 2.75) is 24.8 Å². The molecule has 4 rings (SSSR count). The zero-order valence-electron chi connectivity index (χ0n) is 18.5. The number of aryl methyl sites for hydroxylation is 2. The van der Waals surface area contributed by atoms with E-state index >= 15 is 0 Å². The highest BCUT2D eigenvalue weighted by atomic mass is 35.5. The number of fused-ring (bicyclic) bond motifs is 1. The standard InChI is InChI=1S/C24H21ClN4O5S/c1-15-6-11-21(19(25)14-15)35(33,34)28-17-9-7-16(8-10-17)26-22(30)12-13-29-20-5-3-2-4-18(20)23(31)27-24(29)32/h2-11,14,28H,12-13H2,1H3,(H,26,30)(H,27,31,32). The van der Waals surface area contributed by atoms with Crippen molar-refractivity contribution in [3.05, 3.63) is 98.2 Å². The first-order chi connectivity index (χ1) is 16.6. The molecule has 0 atom stereocenters. The van der Waals surface area contributed by atoms with Gasteiger partial charge in [-0.1, -0.05) is 29.8 Å². The van der Waals surface area contributed by atoms with Gasteiger partial charge in [-0.2, -0.15) is 0 Å². The molecule has 1 heterocycles. The molecule has 0 unspecified atom stereocenters. The Morgan fingerprint density at radius 2 is 1.69 bits per heavy atom. The normalized spacial score (nSPS) is 11.4. The SMILES string of the molecule is Cc1ccc(S(=O)(=O)Nc2ccc(NC(=O)CCn3c(=O)[nH]c(=O)c4ccccc43)cc2)c(Cl)c1. The van der Waals surface area contributed by atoms with Crippen molar-refractivity contribution in [1.29, 1.82) is 0 Å². The molecule has 3 N–H and O–H groups in total. The maximum Gasteiger partial charge on any atom is 0.328 e. The number of sulfonamides is 1. The lowest BCUT2D eigenvalue weighted by atomic mass is 10.2. The quantitative estimate of drug-likeness (QED) is 0.349. The first-order valence-corrected chi connectivity index (χ1v) is 12.4. The van der Waals surface area contributed by atoms with E-state index in [2.05, 4.69) is 15.0 Å². The van der Waals surface area contributed by atoms with Crippen LogP contribution >= 0.6 is 11.6 Å². The molecule has 1 amide bonds. The first-order valence-electron chi connectivity index (χ1n) is 10.5. The number of carbonyl (C=O) groups is 1. The maximum absolute atomic E-state index is 12.6. The number of benzene rings is 3. The van der Waals surface area contributed by atoms with Gasteiger partial charge in [0.2, 0.25) is 5.91 Å². The number of amides is 1. The Morgan fingerprint density at radius 3 is 2.40 bits per heavy atom. The van der Waals surface area contributed by atoms with E-state index in [0.717, 1.165) is 5.56 Å². The summed E-state index contributed by atoms with van der Waals surface area (Å²) in [6.45, 7) is 1.88. The van der Waals surface area contributed by atoms with Gasteiger partial charge < -0.3 is 5.32 Å². The summed E-state index contributed by atoms with van der Waals surface area (Å²) in [5.41, 5.74) is 0.960. The van der Waals surface area contributed by atoms with Crippen LogP contribution in [-0.4, -0.2) is 23.9 Å². The number of hydrogen-bond acceptors (Lipinski definition) is 5. The third-order valence-electron chi connectivity index (χ3n) is 5.27. The van der Waals surface area contributed by atoms with Gasteiger partial charge in [-0.15, -0.1) is 0 Å². The topological polar surface area (TPSA) is 130 Å². The molecule has 180 valence electrons. The smallest absolute Gasteiger partial charge is 0.326 e. The summed E-state index contributed by atoms with van der Waals surface area (Å²) in [6, 6.07) is 17.4. The van der Waals surface area contributed by atoms with E-state index in [-0.39, 0.29) is 28.8 Å². The molecule has 0 aliphatic rings. The minimum atomic E-state index is -3.89. The minimum absolute atomic E-state index is 0.0176. The first kappa shape index (κ1) is 24.2. The van der Waals surface area contributed by atoms with E-state index in [1.807, 2.05) is 6.92 Å². The summed E-state index contributed by atoms with van der Waals surface area (Å²) in [5.74, 6) is -0.355. The molecule has 0 saturated heterocycles. The number of anilines is 2. The molecule has 4 aromatic rings. The Kier molecular flexibility index (Phi) is 6.77. The summed E-state index contributed by atoms with van der Waals surface area (Å²) in [5, 5.41) is 3.18. The van der Waals surface area contributed by atoms with E-state index in [9.17, 15) is 22.8 Å². The van der Waals surface area contributed by atoms with Crippen LogP contribution in [0.2, 0.25) is 5.02 Å². The van der Waals surface area contributed by atoms with Crippen LogP contribution < -0.4 is 21.3 Å². The number of hydrogen-bond donors (Lipinski definition) is 3. The summed E-state index contributed by atoms with van der Waals surface area (Å²) in [7, 11) is -3.89. The number of nitrogens with zero attached hydrogens (tertiary/aromatic N) is 1. The number of para-hydroxylation sites is 1. The van der Waals surface area contributed by atoms with E-state index in [4.69, 9.17) is 11.6 Å². The van der Waals surface area contributed by atoms with Gasteiger partial charge in [-0.05, 0) is 61.0 Å². The van der Waals surface area contributed by atoms with Crippen molar-refractivity contribution in [3.8, 4) is 0 Å². The van der Waals surface area contributed by atoms with Crippen molar-refractivity contribution in [1.82, 2.24) is 9.55 Å². The van der Waals surface area contributed by atoms with Gasteiger partial charge in [0.1, 0.15) is 4.90 Å².